The van der Waals surface area contributed by atoms with Gasteiger partial charge < -0.3 is 14.8 Å². The maximum absolute atomic E-state index is 5.32. The van der Waals surface area contributed by atoms with Crippen molar-refractivity contribution in [3.63, 3.8) is 0 Å². The van der Waals surface area contributed by atoms with E-state index in [-0.39, 0.29) is 0 Å². The van der Waals surface area contributed by atoms with Gasteiger partial charge in [-0.3, -0.25) is 4.90 Å². The van der Waals surface area contributed by atoms with Crippen LogP contribution in [0.5, 0.6) is 5.88 Å². The molecule has 1 aliphatic rings. The van der Waals surface area contributed by atoms with E-state index in [1.807, 2.05) is 12.1 Å². The maximum atomic E-state index is 5.32. The summed E-state index contributed by atoms with van der Waals surface area (Å²) in [5, 5.41) is 3.43. The van der Waals surface area contributed by atoms with Gasteiger partial charge in [-0.1, -0.05) is 0 Å². The first-order valence-corrected chi connectivity index (χ1v) is 6.38. The highest BCUT2D eigenvalue weighted by atomic mass is 16.5. The summed E-state index contributed by atoms with van der Waals surface area (Å²) in [4.78, 5) is 6.51. The molecule has 1 aliphatic heterocycles. The van der Waals surface area contributed by atoms with E-state index in [2.05, 4.69) is 15.2 Å². The number of pyridine rings is 1. The quantitative estimate of drug-likeness (QED) is 0.747. The fraction of sp³-hybridized carbons (Fsp3) is 0.615. The molecule has 0 aromatic carbocycles. The molecule has 0 amide bonds. The standard InChI is InChI=1S/C13H21N3O2/c1-17-13-10-12(2-3-15-13)11-14-4-5-16-6-8-18-9-7-16/h2-3,10,14H,4-9,11H2,1H3. The molecule has 1 fully saturated rings. The fourth-order valence-electron chi connectivity index (χ4n) is 1.97. The van der Waals surface area contributed by atoms with E-state index in [4.69, 9.17) is 9.47 Å². The highest BCUT2D eigenvalue weighted by Crippen LogP contribution is 2.07. The number of hydrogen-bond acceptors (Lipinski definition) is 5. The Balaban J connectivity index is 1.65. The lowest BCUT2D eigenvalue weighted by Gasteiger charge is -2.26. The molecule has 1 aromatic heterocycles. The number of nitrogens with zero attached hydrogens (tertiary/aromatic N) is 2. The number of rotatable bonds is 6. The lowest BCUT2D eigenvalue weighted by molar-refractivity contribution is 0.0384. The molecule has 0 aliphatic carbocycles. The first-order chi connectivity index (χ1) is 8.88. The van der Waals surface area contributed by atoms with Gasteiger partial charge in [-0.25, -0.2) is 4.98 Å². The second kappa shape index (κ2) is 7.31. The first-order valence-electron chi connectivity index (χ1n) is 6.38. The SMILES string of the molecule is COc1cc(CNCCN2CCOCC2)ccn1. The summed E-state index contributed by atoms with van der Waals surface area (Å²) < 4.78 is 10.4. The number of ether oxygens (including phenoxy) is 2. The topological polar surface area (TPSA) is 46.6 Å². The van der Waals surface area contributed by atoms with Crippen LogP contribution in [0.3, 0.4) is 0 Å². The molecular weight excluding hydrogens is 230 g/mol. The van der Waals surface area contributed by atoms with Crippen molar-refractivity contribution >= 4 is 0 Å². The molecule has 1 aromatic rings. The highest BCUT2D eigenvalue weighted by Gasteiger charge is 2.08. The molecule has 0 spiro atoms. The summed E-state index contributed by atoms with van der Waals surface area (Å²) in [7, 11) is 1.64. The van der Waals surface area contributed by atoms with Crippen LogP contribution in [0.15, 0.2) is 18.3 Å². The Kier molecular flexibility index (Phi) is 5.38. The molecule has 18 heavy (non-hydrogen) atoms. The van der Waals surface area contributed by atoms with Crippen molar-refractivity contribution < 1.29 is 9.47 Å². The Morgan fingerprint density at radius 3 is 3.06 bits per heavy atom. The Morgan fingerprint density at radius 2 is 2.28 bits per heavy atom. The van der Waals surface area contributed by atoms with E-state index in [9.17, 15) is 0 Å². The van der Waals surface area contributed by atoms with Crippen LogP contribution in [-0.2, 0) is 11.3 Å². The van der Waals surface area contributed by atoms with Gasteiger partial charge in [0.25, 0.3) is 0 Å². The second-order valence-electron chi connectivity index (χ2n) is 4.34. The fourth-order valence-corrected chi connectivity index (χ4v) is 1.97. The van der Waals surface area contributed by atoms with Gasteiger partial charge in [0.2, 0.25) is 5.88 Å². The zero-order valence-electron chi connectivity index (χ0n) is 10.9. The molecule has 1 saturated heterocycles. The number of methoxy groups -OCH3 is 1. The van der Waals surface area contributed by atoms with Crippen LogP contribution in [0, 0.1) is 0 Å². The van der Waals surface area contributed by atoms with Gasteiger partial charge in [-0.2, -0.15) is 0 Å². The van der Waals surface area contributed by atoms with Gasteiger partial charge in [0.1, 0.15) is 0 Å². The van der Waals surface area contributed by atoms with E-state index in [0.29, 0.717) is 5.88 Å². The van der Waals surface area contributed by atoms with Crippen LogP contribution in [0.25, 0.3) is 0 Å². The minimum Gasteiger partial charge on any atom is -0.481 e. The van der Waals surface area contributed by atoms with Crippen LogP contribution < -0.4 is 10.1 Å². The first kappa shape index (κ1) is 13.3. The van der Waals surface area contributed by atoms with Gasteiger partial charge in [0, 0.05) is 45.0 Å². The van der Waals surface area contributed by atoms with E-state index in [1.54, 1.807) is 13.3 Å². The van der Waals surface area contributed by atoms with Crippen molar-refractivity contribution in [2.75, 3.05) is 46.5 Å². The molecule has 2 heterocycles. The Hall–Kier alpha value is -1.17. The molecule has 0 atom stereocenters. The number of nitrogens with one attached hydrogen (secondary N) is 1. The van der Waals surface area contributed by atoms with E-state index < -0.39 is 0 Å². The maximum Gasteiger partial charge on any atom is 0.213 e. The van der Waals surface area contributed by atoms with Gasteiger partial charge >= 0.3 is 0 Å². The van der Waals surface area contributed by atoms with Crippen LogP contribution in [0.2, 0.25) is 0 Å². The van der Waals surface area contributed by atoms with Gasteiger partial charge in [0.15, 0.2) is 0 Å². The predicted molar refractivity (Wildman–Crippen MR) is 69.8 cm³/mol. The Labute approximate surface area is 108 Å². The molecule has 0 bridgehead atoms. The molecular formula is C13H21N3O2. The minimum absolute atomic E-state index is 0.669. The second-order valence-corrected chi connectivity index (χ2v) is 4.34. The van der Waals surface area contributed by atoms with Crippen molar-refractivity contribution in [1.29, 1.82) is 0 Å². The summed E-state index contributed by atoms with van der Waals surface area (Å²) >= 11 is 0. The summed E-state index contributed by atoms with van der Waals surface area (Å²) in [6, 6.07) is 3.96. The van der Waals surface area contributed by atoms with Crippen molar-refractivity contribution in [3.05, 3.63) is 23.9 Å². The lowest BCUT2D eigenvalue weighted by atomic mass is 10.2. The molecule has 5 heteroatoms. The summed E-state index contributed by atoms with van der Waals surface area (Å²) in [5.41, 5.74) is 1.20. The summed E-state index contributed by atoms with van der Waals surface area (Å²) in [6.45, 7) is 6.73. The smallest absolute Gasteiger partial charge is 0.213 e. The minimum atomic E-state index is 0.669. The highest BCUT2D eigenvalue weighted by molar-refractivity contribution is 5.20. The molecule has 0 saturated carbocycles. The number of morpholine rings is 1. The number of aromatic nitrogens is 1. The van der Waals surface area contributed by atoms with Crippen LogP contribution in [0.4, 0.5) is 0 Å². The van der Waals surface area contributed by atoms with Crippen molar-refractivity contribution in [1.82, 2.24) is 15.2 Å². The zero-order valence-corrected chi connectivity index (χ0v) is 10.9. The van der Waals surface area contributed by atoms with E-state index in [1.165, 1.54) is 5.56 Å². The van der Waals surface area contributed by atoms with E-state index >= 15 is 0 Å². The van der Waals surface area contributed by atoms with Crippen molar-refractivity contribution in [3.8, 4) is 5.88 Å². The van der Waals surface area contributed by atoms with Gasteiger partial charge in [-0.15, -0.1) is 0 Å². The lowest BCUT2D eigenvalue weighted by Crippen LogP contribution is -2.40. The molecule has 2 rings (SSSR count). The van der Waals surface area contributed by atoms with Crippen LogP contribution in [-0.4, -0.2) is 56.4 Å². The molecule has 0 radical (unpaired) electrons. The third-order valence-electron chi connectivity index (χ3n) is 3.05. The summed E-state index contributed by atoms with van der Waals surface area (Å²) in [6.07, 6.45) is 1.78. The largest absolute Gasteiger partial charge is 0.481 e. The van der Waals surface area contributed by atoms with E-state index in [0.717, 1.165) is 45.9 Å². The van der Waals surface area contributed by atoms with Gasteiger partial charge in [-0.05, 0) is 11.6 Å². The predicted octanol–water partition coefficient (Wildman–Crippen LogP) is 0.512. The van der Waals surface area contributed by atoms with Crippen LogP contribution in [0.1, 0.15) is 5.56 Å². The summed E-state index contributed by atoms with van der Waals surface area (Å²) in [5.74, 6) is 0.669. The zero-order chi connectivity index (χ0) is 12.6. The molecule has 0 unspecified atom stereocenters. The Morgan fingerprint density at radius 1 is 1.44 bits per heavy atom. The molecule has 5 nitrogen and oxygen atoms in total. The third kappa shape index (κ3) is 4.25. The number of hydrogen-bond donors (Lipinski definition) is 1. The van der Waals surface area contributed by atoms with Crippen LogP contribution >= 0.6 is 0 Å². The van der Waals surface area contributed by atoms with Crippen molar-refractivity contribution in [2.45, 2.75) is 6.54 Å². The molecule has 100 valence electrons. The normalized spacial score (nSPS) is 16.7. The Bertz CT molecular complexity index is 354. The monoisotopic (exact) mass is 251 g/mol. The third-order valence-corrected chi connectivity index (χ3v) is 3.05. The van der Waals surface area contributed by atoms with Crippen molar-refractivity contribution in [2.24, 2.45) is 0 Å². The molecule has 1 N–H and O–H groups in total. The van der Waals surface area contributed by atoms with Gasteiger partial charge in [0.05, 0.1) is 20.3 Å². The average Bonchev–Trinajstić information content (AvgIpc) is 2.45. The average molecular weight is 251 g/mol.